The molecular formula is C19H13BO3S. The summed E-state index contributed by atoms with van der Waals surface area (Å²) in [6.45, 7) is 0. The molecule has 0 saturated carbocycles. The molecule has 5 heteroatoms. The molecule has 0 atom stereocenters. The van der Waals surface area contributed by atoms with Gasteiger partial charge in [0.2, 0.25) is 0 Å². The summed E-state index contributed by atoms with van der Waals surface area (Å²) in [6.07, 6.45) is 0. The third kappa shape index (κ3) is 2.53. The standard InChI is InChI=1S/C19H13BO3S/c21-19-15-8-6-13(12-4-2-1-3-5-12)10-18(15)24-17-9-7-14(20(22)23)11-16(17)19/h1-11,22-23H. The zero-order valence-corrected chi connectivity index (χ0v) is 13.5. The van der Waals surface area contributed by atoms with Gasteiger partial charge in [0, 0.05) is 20.2 Å². The molecule has 0 fully saturated rings. The van der Waals surface area contributed by atoms with E-state index in [0.717, 1.165) is 20.5 Å². The van der Waals surface area contributed by atoms with Crippen LogP contribution in [0.2, 0.25) is 0 Å². The average Bonchev–Trinajstić information content (AvgIpc) is 2.62. The average molecular weight is 332 g/mol. The zero-order chi connectivity index (χ0) is 16.7. The fourth-order valence-corrected chi connectivity index (χ4v) is 3.93. The molecule has 116 valence electrons. The van der Waals surface area contributed by atoms with E-state index >= 15 is 0 Å². The van der Waals surface area contributed by atoms with Crippen molar-refractivity contribution in [2.24, 2.45) is 0 Å². The van der Waals surface area contributed by atoms with Crippen molar-refractivity contribution in [2.45, 2.75) is 0 Å². The monoisotopic (exact) mass is 332 g/mol. The first kappa shape index (κ1) is 15.1. The van der Waals surface area contributed by atoms with Crippen molar-refractivity contribution < 1.29 is 10.0 Å². The molecule has 0 aliphatic rings. The number of fused-ring (bicyclic) bond motifs is 2. The Bertz CT molecular complexity index is 1100. The minimum Gasteiger partial charge on any atom is -0.423 e. The highest BCUT2D eigenvalue weighted by Crippen LogP contribution is 2.28. The van der Waals surface area contributed by atoms with Crippen molar-refractivity contribution in [2.75, 3.05) is 0 Å². The van der Waals surface area contributed by atoms with Gasteiger partial charge in [0.1, 0.15) is 0 Å². The fourth-order valence-electron chi connectivity index (χ4n) is 2.84. The number of rotatable bonds is 2. The molecule has 3 aromatic carbocycles. The molecule has 0 aliphatic carbocycles. The van der Waals surface area contributed by atoms with Crippen LogP contribution in [0.1, 0.15) is 0 Å². The van der Waals surface area contributed by atoms with Crippen LogP contribution >= 0.6 is 11.3 Å². The van der Waals surface area contributed by atoms with E-state index in [1.54, 1.807) is 18.2 Å². The summed E-state index contributed by atoms with van der Waals surface area (Å²) in [6, 6.07) is 20.8. The summed E-state index contributed by atoms with van der Waals surface area (Å²) in [5.41, 5.74) is 2.42. The van der Waals surface area contributed by atoms with Gasteiger partial charge < -0.3 is 10.0 Å². The van der Waals surface area contributed by atoms with Gasteiger partial charge in [0.25, 0.3) is 0 Å². The van der Waals surface area contributed by atoms with Crippen molar-refractivity contribution in [3.8, 4) is 11.1 Å². The molecule has 4 rings (SSSR count). The van der Waals surface area contributed by atoms with Gasteiger partial charge in [0.15, 0.2) is 5.43 Å². The summed E-state index contributed by atoms with van der Waals surface area (Å²) in [5.74, 6) is 0. The third-order valence-electron chi connectivity index (χ3n) is 4.10. The number of benzene rings is 3. The fraction of sp³-hybridized carbons (Fsp3) is 0. The Labute approximate surface area is 142 Å². The minimum atomic E-state index is -1.57. The van der Waals surface area contributed by atoms with Gasteiger partial charge in [-0.25, -0.2) is 0 Å². The Balaban J connectivity index is 1.97. The lowest BCUT2D eigenvalue weighted by atomic mass is 9.80. The zero-order valence-electron chi connectivity index (χ0n) is 12.6. The van der Waals surface area contributed by atoms with E-state index in [1.807, 2.05) is 48.5 Å². The largest absolute Gasteiger partial charge is 0.488 e. The van der Waals surface area contributed by atoms with Crippen LogP contribution in [-0.4, -0.2) is 17.2 Å². The molecule has 0 bridgehead atoms. The van der Waals surface area contributed by atoms with Crippen LogP contribution in [0.5, 0.6) is 0 Å². The highest BCUT2D eigenvalue weighted by Gasteiger charge is 2.14. The van der Waals surface area contributed by atoms with E-state index in [4.69, 9.17) is 0 Å². The molecule has 2 N–H and O–H groups in total. The molecule has 1 heterocycles. The van der Waals surface area contributed by atoms with E-state index in [0.29, 0.717) is 16.2 Å². The Hall–Kier alpha value is -2.47. The van der Waals surface area contributed by atoms with Gasteiger partial charge in [-0.15, -0.1) is 11.3 Å². The van der Waals surface area contributed by atoms with Gasteiger partial charge in [-0.2, -0.15) is 0 Å². The molecule has 24 heavy (non-hydrogen) atoms. The maximum atomic E-state index is 12.8. The highest BCUT2D eigenvalue weighted by molar-refractivity contribution is 7.24. The summed E-state index contributed by atoms with van der Waals surface area (Å²) in [5, 5.41) is 19.8. The smallest absolute Gasteiger partial charge is 0.423 e. The highest BCUT2D eigenvalue weighted by atomic mass is 32.1. The van der Waals surface area contributed by atoms with E-state index in [2.05, 4.69) is 0 Å². The molecule has 0 radical (unpaired) electrons. The van der Waals surface area contributed by atoms with Crippen LogP contribution in [0, 0.1) is 0 Å². The molecule has 3 nitrogen and oxygen atoms in total. The predicted octanol–water partition coefficient (Wildman–Crippen LogP) is 2.76. The minimum absolute atomic E-state index is 0.0825. The Morgan fingerprint density at radius 3 is 2.29 bits per heavy atom. The lowest BCUT2D eigenvalue weighted by Crippen LogP contribution is -2.29. The van der Waals surface area contributed by atoms with Crippen LogP contribution in [0.3, 0.4) is 0 Å². The van der Waals surface area contributed by atoms with Crippen molar-refractivity contribution in [3.05, 3.63) is 77.0 Å². The van der Waals surface area contributed by atoms with Gasteiger partial charge in [-0.05, 0) is 40.9 Å². The first-order chi connectivity index (χ1) is 11.6. The van der Waals surface area contributed by atoms with E-state index in [-0.39, 0.29) is 5.43 Å². The van der Waals surface area contributed by atoms with Crippen molar-refractivity contribution in [3.63, 3.8) is 0 Å². The molecule has 0 spiro atoms. The molecular weight excluding hydrogens is 319 g/mol. The number of hydrogen-bond acceptors (Lipinski definition) is 4. The first-order valence-corrected chi connectivity index (χ1v) is 8.37. The predicted molar refractivity (Wildman–Crippen MR) is 101 cm³/mol. The lowest BCUT2D eigenvalue weighted by Gasteiger charge is -2.06. The quantitative estimate of drug-likeness (QED) is 0.438. The molecule has 0 aliphatic heterocycles. The summed E-state index contributed by atoms with van der Waals surface area (Å²) < 4.78 is 1.76. The Morgan fingerprint density at radius 1 is 0.750 bits per heavy atom. The SMILES string of the molecule is O=c1c2ccc(-c3ccccc3)cc2sc2ccc(B(O)O)cc12. The van der Waals surface area contributed by atoms with Crippen LogP contribution in [-0.2, 0) is 0 Å². The van der Waals surface area contributed by atoms with E-state index < -0.39 is 7.12 Å². The Morgan fingerprint density at radius 2 is 1.54 bits per heavy atom. The second-order valence-electron chi connectivity index (χ2n) is 5.64. The van der Waals surface area contributed by atoms with Crippen LogP contribution < -0.4 is 10.9 Å². The van der Waals surface area contributed by atoms with E-state index in [9.17, 15) is 14.8 Å². The maximum absolute atomic E-state index is 12.8. The second kappa shape index (κ2) is 5.87. The summed E-state index contributed by atoms with van der Waals surface area (Å²) in [4.78, 5) is 12.8. The molecule has 0 amide bonds. The third-order valence-corrected chi connectivity index (χ3v) is 5.23. The molecule has 0 unspecified atom stereocenters. The van der Waals surface area contributed by atoms with Crippen LogP contribution in [0.4, 0.5) is 0 Å². The van der Waals surface area contributed by atoms with Crippen molar-refractivity contribution in [1.82, 2.24) is 0 Å². The van der Waals surface area contributed by atoms with E-state index in [1.165, 1.54) is 11.3 Å². The van der Waals surface area contributed by atoms with Crippen molar-refractivity contribution in [1.29, 1.82) is 0 Å². The summed E-state index contributed by atoms with van der Waals surface area (Å²) >= 11 is 1.53. The lowest BCUT2D eigenvalue weighted by molar-refractivity contribution is 0.426. The topological polar surface area (TPSA) is 57.5 Å². The van der Waals surface area contributed by atoms with Gasteiger partial charge in [-0.1, -0.05) is 42.5 Å². The van der Waals surface area contributed by atoms with Crippen molar-refractivity contribution >= 4 is 44.1 Å². The van der Waals surface area contributed by atoms with Gasteiger partial charge in [0.05, 0.1) is 0 Å². The van der Waals surface area contributed by atoms with Gasteiger partial charge >= 0.3 is 7.12 Å². The normalized spacial score (nSPS) is 11.1. The first-order valence-electron chi connectivity index (χ1n) is 7.55. The molecule has 4 aromatic rings. The molecule has 1 aromatic heterocycles. The molecule has 0 saturated heterocycles. The Kier molecular flexibility index (Phi) is 3.69. The maximum Gasteiger partial charge on any atom is 0.488 e. The van der Waals surface area contributed by atoms with Crippen LogP contribution in [0.15, 0.2) is 71.5 Å². The van der Waals surface area contributed by atoms with Crippen LogP contribution in [0.25, 0.3) is 31.3 Å². The number of hydrogen-bond donors (Lipinski definition) is 2. The summed E-state index contributed by atoms with van der Waals surface area (Å²) in [7, 11) is -1.57. The van der Waals surface area contributed by atoms with Gasteiger partial charge in [-0.3, -0.25) is 4.79 Å². The second-order valence-corrected chi connectivity index (χ2v) is 6.72.